The minimum Gasteiger partial charge on any atom is -0.476 e. The Morgan fingerprint density at radius 1 is 1.59 bits per heavy atom. The van der Waals surface area contributed by atoms with E-state index in [1.165, 1.54) is 11.1 Å². The van der Waals surface area contributed by atoms with Crippen molar-refractivity contribution in [1.29, 1.82) is 0 Å². The average Bonchev–Trinajstić information content (AvgIpc) is 2.70. The molecular weight excluding hydrogens is 224 g/mol. The van der Waals surface area contributed by atoms with Gasteiger partial charge in [-0.15, -0.1) is 0 Å². The highest BCUT2D eigenvalue weighted by Gasteiger charge is 2.32. The van der Waals surface area contributed by atoms with E-state index in [0.29, 0.717) is 12.2 Å². The van der Waals surface area contributed by atoms with Crippen molar-refractivity contribution in [2.24, 2.45) is 5.92 Å². The van der Waals surface area contributed by atoms with Crippen LogP contribution < -0.4 is 4.90 Å². The monoisotopic (exact) mass is 236 g/mol. The highest BCUT2D eigenvalue weighted by atomic mass is 16.4. The molecule has 0 spiro atoms. The maximum atomic E-state index is 11.7. The molecule has 0 bridgehead atoms. The van der Waals surface area contributed by atoms with E-state index in [4.69, 9.17) is 10.2 Å². The number of aromatic carboxylic acids is 1. The lowest BCUT2D eigenvalue weighted by molar-refractivity contribution is -0.117. The lowest BCUT2D eigenvalue weighted by atomic mass is 10.1. The van der Waals surface area contributed by atoms with Crippen molar-refractivity contribution in [3.05, 3.63) is 24.0 Å². The zero-order valence-corrected chi connectivity index (χ0v) is 9.04. The largest absolute Gasteiger partial charge is 0.476 e. The molecule has 1 fully saturated rings. The average molecular weight is 236 g/mol. The molecule has 1 aliphatic rings. The Hall–Kier alpha value is -1.95. The molecule has 1 aliphatic heterocycles. The molecule has 6 nitrogen and oxygen atoms in total. The number of carboxylic acids is 1. The minimum absolute atomic E-state index is 0.0785. The smallest absolute Gasteiger partial charge is 0.356 e. The van der Waals surface area contributed by atoms with Crippen molar-refractivity contribution >= 4 is 17.6 Å². The Morgan fingerprint density at radius 2 is 2.35 bits per heavy atom. The summed E-state index contributed by atoms with van der Waals surface area (Å²) in [6.07, 6.45) is 1.61. The number of rotatable bonds is 3. The third-order valence-corrected chi connectivity index (χ3v) is 2.74. The maximum absolute atomic E-state index is 11.7. The molecule has 1 amide bonds. The summed E-state index contributed by atoms with van der Waals surface area (Å²) in [5.41, 5.74) is 0.153. The van der Waals surface area contributed by atoms with Crippen LogP contribution >= 0.6 is 0 Å². The van der Waals surface area contributed by atoms with Crippen molar-refractivity contribution in [3.8, 4) is 0 Å². The summed E-state index contributed by atoms with van der Waals surface area (Å²) in [6, 6.07) is 3.13. The van der Waals surface area contributed by atoms with E-state index in [1.54, 1.807) is 12.1 Å². The normalized spacial score (nSPS) is 19.7. The van der Waals surface area contributed by atoms with E-state index in [2.05, 4.69) is 4.98 Å². The summed E-state index contributed by atoms with van der Waals surface area (Å²) in [5.74, 6) is -1.48. The Balaban J connectivity index is 2.35. The number of hydrogen-bond donors (Lipinski definition) is 2. The van der Waals surface area contributed by atoms with Gasteiger partial charge in [0.2, 0.25) is 5.91 Å². The van der Waals surface area contributed by atoms with Crippen LogP contribution in [0, 0.1) is 5.92 Å². The molecule has 0 saturated carbocycles. The summed E-state index contributed by atoms with van der Waals surface area (Å²) in [5, 5.41) is 18.0. The summed E-state index contributed by atoms with van der Waals surface area (Å²) in [4.78, 5) is 27.8. The summed E-state index contributed by atoms with van der Waals surface area (Å²) >= 11 is 0. The molecule has 1 aromatic rings. The molecule has 0 aliphatic carbocycles. The molecule has 0 aromatic carbocycles. The number of carbonyl (C=O) groups is 2. The lowest BCUT2D eigenvalue weighted by Crippen LogP contribution is -2.27. The second-order valence-corrected chi connectivity index (χ2v) is 3.93. The molecule has 1 atom stereocenters. The fraction of sp³-hybridized carbons (Fsp3) is 0.364. The van der Waals surface area contributed by atoms with Crippen molar-refractivity contribution in [2.75, 3.05) is 18.1 Å². The summed E-state index contributed by atoms with van der Waals surface area (Å²) in [6.45, 7) is 0.256. The quantitative estimate of drug-likeness (QED) is 0.778. The molecule has 2 N–H and O–H groups in total. The van der Waals surface area contributed by atoms with Crippen LogP contribution in [-0.2, 0) is 4.79 Å². The van der Waals surface area contributed by atoms with Crippen LogP contribution in [0.3, 0.4) is 0 Å². The molecule has 0 radical (unpaired) electrons. The van der Waals surface area contributed by atoms with E-state index in [1.807, 2.05) is 0 Å². The Kier molecular flexibility index (Phi) is 3.06. The maximum Gasteiger partial charge on any atom is 0.356 e. The van der Waals surface area contributed by atoms with Gasteiger partial charge in [0.1, 0.15) is 0 Å². The van der Waals surface area contributed by atoms with Crippen LogP contribution in [0.4, 0.5) is 5.69 Å². The fourth-order valence-electron chi connectivity index (χ4n) is 1.92. The molecule has 2 heterocycles. The molecule has 17 heavy (non-hydrogen) atoms. The first-order valence-electron chi connectivity index (χ1n) is 5.23. The SMILES string of the molecule is O=C(O)c1ncccc1N1CC(CO)CC1=O. The minimum atomic E-state index is -1.17. The van der Waals surface area contributed by atoms with Gasteiger partial charge in [-0.25, -0.2) is 9.78 Å². The third kappa shape index (κ3) is 2.12. The summed E-state index contributed by atoms with van der Waals surface area (Å²) in [7, 11) is 0. The van der Waals surface area contributed by atoms with Crippen molar-refractivity contribution < 1.29 is 19.8 Å². The Morgan fingerprint density at radius 3 is 2.94 bits per heavy atom. The van der Waals surface area contributed by atoms with Gasteiger partial charge in [-0.05, 0) is 12.1 Å². The number of aliphatic hydroxyl groups excluding tert-OH is 1. The number of pyridine rings is 1. The highest BCUT2D eigenvalue weighted by Crippen LogP contribution is 2.26. The van der Waals surface area contributed by atoms with E-state index < -0.39 is 5.97 Å². The van der Waals surface area contributed by atoms with Gasteiger partial charge in [0.15, 0.2) is 5.69 Å². The van der Waals surface area contributed by atoms with E-state index in [9.17, 15) is 9.59 Å². The van der Waals surface area contributed by atoms with Crippen LogP contribution in [0.2, 0.25) is 0 Å². The van der Waals surface area contributed by atoms with Crippen molar-refractivity contribution in [1.82, 2.24) is 4.98 Å². The predicted molar refractivity (Wildman–Crippen MR) is 58.7 cm³/mol. The van der Waals surface area contributed by atoms with E-state index >= 15 is 0 Å². The molecule has 6 heteroatoms. The standard InChI is InChI=1S/C11H12N2O4/c14-6-7-4-9(15)13(5-7)8-2-1-3-12-10(8)11(16)17/h1-3,7,14H,4-6H2,(H,16,17). The number of hydrogen-bond acceptors (Lipinski definition) is 4. The van der Waals surface area contributed by atoms with Gasteiger partial charge in [0, 0.05) is 31.7 Å². The van der Waals surface area contributed by atoms with Gasteiger partial charge in [-0.3, -0.25) is 4.79 Å². The molecular formula is C11H12N2O4. The van der Waals surface area contributed by atoms with Gasteiger partial charge < -0.3 is 15.1 Å². The second kappa shape index (κ2) is 4.50. The molecule has 2 rings (SSSR count). The highest BCUT2D eigenvalue weighted by molar-refractivity contribution is 6.01. The Labute approximate surface area is 97.5 Å². The molecule has 90 valence electrons. The van der Waals surface area contributed by atoms with Crippen LogP contribution in [0.15, 0.2) is 18.3 Å². The van der Waals surface area contributed by atoms with E-state index in [-0.39, 0.29) is 30.5 Å². The zero-order chi connectivity index (χ0) is 12.4. The van der Waals surface area contributed by atoms with Crippen LogP contribution in [-0.4, -0.2) is 40.2 Å². The van der Waals surface area contributed by atoms with Gasteiger partial charge in [-0.1, -0.05) is 0 Å². The van der Waals surface area contributed by atoms with Gasteiger partial charge in [-0.2, -0.15) is 0 Å². The van der Waals surface area contributed by atoms with Crippen LogP contribution in [0.5, 0.6) is 0 Å². The lowest BCUT2D eigenvalue weighted by Gasteiger charge is -2.17. The molecule has 1 unspecified atom stereocenters. The van der Waals surface area contributed by atoms with Gasteiger partial charge in [0.05, 0.1) is 5.69 Å². The summed E-state index contributed by atoms with van der Waals surface area (Å²) < 4.78 is 0. The Bertz CT molecular complexity index is 461. The van der Waals surface area contributed by atoms with Gasteiger partial charge in [0.25, 0.3) is 0 Å². The second-order valence-electron chi connectivity index (χ2n) is 3.93. The topological polar surface area (TPSA) is 90.7 Å². The fourth-order valence-corrected chi connectivity index (χ4v) is 1.92. The number of aromatic nitrogens is 1. The number of carboxylic acid groups (broad SMARTS) is 1. The molecule has 1 saturated heterocycles. The first-order valence-corrected chi connectivity index (χ1v) is 5.23. The van der Waals surface area contributed by atoms with Crippen LogP contribution in [0.25, 0.3) is 0 Å². The van der Waals surface area contributed by atoms with E-state index in [0.717, 1.165) is 0 Å². The van der Waals surface area contributed by atoms with Crippen molar-refractivity contribution in [3.63, 3.8) is 0 Å². The third-order valence-electron chi connectivity index (χ3n) is 2.74. The van der Waals surface area contributed by atoms with Crippen molar-refractivity contribution in [2.45, 2.75) is 6.42 Å². The number of amides is 1. The number of nitrogens with zero attached hydrogens (tertiary/aromatic N) is 2. The zero-order valence-electron chi connectivity index (χ0n) is 9.04. The first-order chi connectivity index (χ1) is 8.13. The number of aliphatic hydroxyl groups is 1. The number of anilines is 1. The predicted octanol–water partition coefficient (Wildman–Crippen LogP) is 0.125. The molecule has 1 aromatic heterocycles. The van der Waals surface area contributed by atoms with Gasteiger partial charge >= 0.3 is 5.97 Å². The first kappa shape index (κ1) is 11.5. The van der Waals surface area contributed by atoms with Crippen LogP contribution in [0.1, 0.15) is 16.9 Å². The number of carbonyl (C=O) groups excluding carboxylic acids is 1.